The fourth-order valence-electron chi connectivity index (χ4n) is 3.95. The van der Waals surface area contributed by atoms with Crippen LogP contribution in [0, 0.1) is 24.2 Å². The van der Waals surface area contributed by atoms with Crippen LogP contribution in [0.5, 0.6) is 0 Å². The monoisotopic (exact) mass is 474 g/mol. The molecule has 0 fully saturated rings. The maximum Gasteiger partial charge on any atom is 0.475 e. The number of hydrogen-bond acceptors (Lipinski definition) is 6. The quantitative estimate of drug-likeness (QED) is 0.314. The van der Waals surface area contributed by atoms with Crippen LogP contribution in [0.1, 0.15) is 35.2 Å². The van der Waals surface area contributed by atoms with Gasteiger partial charge in [0.1, 0.15) is 18.7 Å². The van der Waals surface area contributed by atoms with Crippen molar-refractivity contribution in [3.8, 4) is 6.07 Å². The largest absolute Gasteiger partial charge is 0.475 e. The molecular weight excluding hydrogens is 443 g/mol. The summed E-state index contributed by atoms with van der Waals surface area (Å²) in [7, 11) is -1.67. The van der Waals surface area contributed by atoms with Crippen LogP contribution in [0.3, 0.4) is 0 Å². The van der Waals surface area contributed by atoms with Gasteiger partial charge in [-0.3, -0.25) is 0 Å². The number of hydrogen-bond donors (Lipinski definition) is 4. The molecule has 9 nitrogen and oxygen atoms in total. The minimum absolute atomic E-state index is 0.0382. The van der Waals surface area contributed by atoms with Gasteiger partial charge in [0, 0.05) is 6.54 Å². The average Bonchev–Trinajstić information content (AvgIpc) is 3.35. The third kappa shape index (κ3) is 7.95. The average molecular weight is 474 g/mol. The molecule has 0 saturated heterocycles. The van der Waals surface area contributed by atoms with Gasteiger partial charge in [-0.1, -0.05) is 61.0 Å². The fourth-order valence-corrected chi connectivity index (χ4v) is 3.95. The highest BCUT2D eigenvalue weighted by atomic mass is 16.4. The summed E-state index contributed by atoms with van der Waals surface area (Å²) in [6.07, 6.45) is 4.61. The minimum atomic E-state index is -1.67. The third-order valence-electron chi connectivity index (χ3n) is 5.89. The number of rotatable bonds is 11. The maximum atomic E-state index is 12.3. The molecule has 0 aliphatic rings. The highest BCUT2D eigenvalue weighted by Crippen LogP contribution is 2.21. The Hall–Kier alpha value is -3.68. The summed E-state index contributed by atoms with van der Waals surface area (Å²) in [5.74, 6) is -0.781. The van der Waals surface area contributed by atoms with E-state index in [1.807, 2.05) is 56.3 Å². The number of aryl methyl sites for hydroxylation is 1. The molecule has 0 aliphatic carbocycles. The number of carbonyl (C=O) groups is 1. The summed E-state index contributed by atoms with van der Waals surface area (Å²) in [5.41, 5.74) is 4.17. The Morgan fingerprint density at radius 2 is 1.89 bits per heavy atom. The number of aromatic nitrogens is 3. The molecule has 0 bridgehead atoms. The first-order valence-corrected chi connectivity index (χ1v) is 11.6. The molecule has 3 rings (SSSR count). The normalized spacial score (nSPS) is 13.3. The van der Waals surface area contributed by atoms with Crippen molar-refractivity contribution in [2.24, 2.45) is 5.92 Å². The summed E-state index contributed by atoms with van der Waals surface area (Å²) in [5, 5.41) is 38.4. The van der Waals surface area contributed by atoms with E-state index < -0.39 is 25.1 Å². The maximum absolute atomic E-state index is 12.3. The van der Waals surface area contributed by atoms with Crippen molar-refractivity contribution in [1.29, 1.82) is 5.26 Å². The number of nitriles is 1. The number of nitrogens with one attached hydrogen (secondary N) is 2. The van der Waals surface area contributed by atoms with E-state index in [2.05, 4.69) is 32.9 Å². The van der Waals surface area contributed by atoms with E-state index in [1.165, 1.54) is 6.33 Å². The van der Waals surface area contributed by atoms with E-state index >= 15 is 0 Å². The number of carbonyl (C=O) groups excluding carboxylic acids is 1. The van der Waals surface area contributed by atoms with Crippen LogP contribution in [-0.2, 0) is 19.3 Å². The zero-order valence-corrected chi connectivity index (χ0v) is 20.0. The Bertz CT molecular complexity index is 1110. The van der Waals surface area contributed by atoms with Gasteiger partial charge in [0.05, 0.1) is 12.0 Å². The van der Waals surface area contributed by atoms with E-state index in [-0.39, 0.29) is 5.92 Å². The van der Waals surface area contributed by atoms with Crippen molar-refractivity contribution >= 4 is 13.1 Å². The zero-order chi connectivity index (χ0) is 25.2. The number of urea groups is 1. The van der Waals surface area contributed by atoms with Gasteiger partial charge in [-0.2, -0.15) is 10.4 Å². The minimum Gasteiger partial charge on any atom is -0.426 e. The molecule has 0 spiro atoms. The molecule has 3 atom stereocenters. The highest BCUT2D eigenvalue weighted by molar-refractivity contribution is 6.43. The SMILES string of the molecule is Cc1ccc(C[C@H](NC(=O)NCCc2cccc(CC(C)C(C#N)n3cncn3)c2)B(O)O)cc1. The van der Waals surface area contributed by atoms with Crippen molar-refractivity contribution in [1.82, 2.24) is 25.4 Å². The van der Waals surface area contributed by atoms with Crippen molar-refractivity contribution in [3.05, 3.63) is 83.4 Å². The standard InChI is InChI=1S/C25H31BN6O3/c1-18-6-8-21(9-7-18)14-24(26(34)35)31-25(33)29-11-10-20-4-3-5-22(13-20)12-19(2)23(15-27)32-17-28-16-30-32/h3-9,13,16-17,19,23-24,34-35H,10-12,14H2,1-2H3,(H2,29,31,33)/t19?,23?,24-/m0/s1. The summed E-state index contributed by atoms with van der Waals surface area (Å²) in [6, 6.07) is 17.2. The summed E-state index contributed by atoms with van der Waals surface area (Å²) >= 11 is 0. The Kier molecular flexibility index (Phi) is 9.41. The molecule has 182 valence electrons. The van der Waals surface area contributed by atoms with E-state index in [0.29, 0.717) is 25.8 Å². The lowest BCUT2D eigenvalue weighted by atomic mass is 9.76. The first-order chi connectivity index (χ1) is 16.9. The Morgan fingerprint density at radius 1 is 1.14 bits per heavy atom. The van der Waals surface area contributed by atoms with Gasteiger partial charge >= 0.3 is 13.1 Å². The van der Waals surface area contributed by atoms with Crippen molar-refractivity contribution in [3.63, 3.8) is 0 Å². The second kappa shape index (κ2) is 12.7. The lowest BCUT2D eigenvalue weighted by Gasteiger charge is -2.19. The Balaban J connectivity index is 1.48. The van der Waals surface area contributed by atoms with Crippen molar-refractivity contribution in [2.45, 2.75) is 45.1 Å². The van der Waals surface area contributed by atoms with Crippen LogP contribution in [0.15, 0.2) is 61.2 Å². The molecule has 3 aromatic rings. The smallest absolute Gasteiger partial charge is 0.426 e. The molecule has 2 unspecified atom stereocenters. The molecule has 1 heterocycles. The molecule has 0 aliphatic heterocycles. The first kappa shape index (κ1) is 25.9. The zero-order valence-electron chi connectivity index (χ0n) is 20.0. The van der Waals surface area contributed by atoms with Crippen LogP contribution in [0.4, 0.5) is 4.79 Å². The van der Waals surface area contributed by atoms with Gasteiger partial charge in [0.25, 0.3) is 0 Å². The summed E-state index contributed by atoms with van der Waals surface area (Å²) in [6.45, 7) is 4.38. The van der Waals surface area contributed by atoms with Crippen LogP contribution in [-0.4, -0.2) is 50.4 Å². The van der Waals surface area contributed by atoms with Crippen LogP contribution < -0.4 is 10.6 Å². The molecule has 35 heavy (non-hydrogen) atoms. The second-order valence-electron chi connectivity index (χ2n) is 8.81. The lowest BCUT2D eigenvalue weighted by molar-refractivity contribution is 0.237. The number of benzene rings is 2. The third-order valence-corrected chi connectivity index (χ3v) is 5.89. The van der Waals surface area contributed by atoms with Crippen LogP contribution in [0.25, 0.3) is 0 Å². The van der Waals surface area contributed by atoms with Gasteiger partial charge in [0.2, 0.25) is 0 Å². The molecule has 2 aromatic carbocycles. The van der Waals surface area contributed by atoms with Gasteiger partial charge in [-0.15, -0.1) is 0 Å². The van der Waals surface area contributed by atoms with Crippen LogP contribution >= 0.6 is 0 Å². The predicted octanol–water partition coefficient (Wildman–Crippen LogP) is 1.99. The van der Waals surface area contributed by atoms with E-state index in [0.717, 1.165) is 22.3 Å². The van der Waals surface area contributed by atoms with Gasteiger partial charge in [-0.05, 0) is 48.8 Å². The first-order valence-electron chi connectivity index (χ1n) is 11.6. The summed E-state index contributed by atoms with van der Waals surface area (Å²) in [4.78, 5) is 16.3. The van der Waals surface area contributed by atoms with Crippen LogP contribution in [0.2, 0.25) is 0 Å². The van der Waals surface area contributed by atoms with Gasteiger partial charge in [-0.25, -0.2) is 14.5 Å². The van der Waals surface area contributed by atoms with Crippen molar-refractivity contribution < 1.29 is 14.8 Å². The Labute approximate surface area is 206 Å². The number of amides is 2. The van der Waals surface area contributed by atoms with Gasteiger partial charge < -0.3 is 20.7 Å². The second-order valence-corrected chi connectivity index (χ2v) is 8.81. The molecule has 0 radical (unpaired) electrons. The molecule has 2 amide bonds. The molecular formula is C25H31BN6O3. The van der Waals surface area contributed by atoms with E-state index in [1.54, 1.807) is 11.0 Å². The topological polar surface area (TPSA) is 136 Å². The fraction of sp³-hybridized carbons (Fsp3) is 0.360. The predicted molar refractivity (Wildman–Crippen MR) is 133 cm³/mol. The molecule has 0 saturated carbocycles. The summed E-state index contributed by atoms with van der Waals surface area (Å²) < 4.78 is 1.58. The van der Waals surface area contributed by atoms with Gasteiger partial charge in [0.15, 0.2) is 0 Å². The van der Waals surface area contributed by atoms with E-state index in [9.17, 15) is 20.1 Å². The number of nitrogens with zero attached hydrogens (tertiary/aromatic N) is 4. The van der Waals surface area contributed by atoms with E-state index in [4.69, 9.17) is 0 Å². The highest BCUT2D eigenvalue weighted by Gasteiger charge is 2.25. The lowest BCUT2D eigenvalue weighted by Crippen LogP contribution is -2.51. The molecule has 10 heteroatoms. The molecule has 1 aromatic heterocycles. The van der Waals surface area contributed by atoms with Crippen molar-refractivity contribution in [2.75, 3.05) is 6.54 Å². The Morgan fingerprint density at radius 3 is 2.54 bits per heavy atom. The molecule has 4 N–H and O–H groups in total.